The van der Waals surface area contributed by atoms with Gasteiger partial charge in [0.05, 0.1) is 29.0 Å². The zero-order chi connectivity index (χ0) is 33.0. The minimum Gasteiger partial charge on any atom is -0.457 e. The summed E-state index contributed by atoms with van der Waals surface area (Å²) in [7, 11) is -2.31. The third-order valence-corrected chi connectivity index (χ3v) is 12.3. The molecule has 2 aliphatic rings. The van der Waals surface area contributed by atoms with Crippen LogP contribution in [-0.2, 0) is 42.6 Å². The van der Waals surface area contributed by atoms with Crippen molar-refractivity contribution in [1.29, 1.82) is 0 Å². The van der Waals surface area contributed by atoms with E-state index in [-0.39, 0.29) is 29.7 Å². The van der Waals surface area contributed by atoms with Crippen LogP contribution in [0.2, 0.25) is 13.1 Å². The molecule has 2 aromatic heterocycles. The number of amides is 1. The zero-order valence-electron chi connectivity index (χ0n) is 26.9. The van der Waals surface area contributed by atoms with Gasteiger partial charge in [-0.05, 0) is 44.5 Å². The number of carbonyl (C=O) groups is 3. The van der Waals surface area contributed by atoms with E-state index >= 15 is 0 Å². The van der Waals surface area contributed by atoms with Crippen molar-refractivity contribution in [2.75, 3.05) is 6.54 Å². The van der Waals surface area contributed by atoms with Crippen LogP contribution in [0.5, 0.6) is 0 Å². The number of carbonyl (C=O) groups excluding carboxylic acids is 3. The average Bonchev–Trinajstić information content (AvgIpc) is 3.38. The molecule has 1 amide bonds. The van der Waals surface area contributed by atoms with Crippen molar-refractivity contribution in [2.24, 2.45) is 0 Å². The van der Waals surface area contributed by atoms with Crippen LogP contribution >= 0.6 is 0 Å². The minimum absolute atomic E-state index is 0.0110. The molecule has 0 fully saturated rings. The highest BCUT2D eigenvalue weighted by molar-refractivity contribution is 7.02. The molecule has 2 aliphatic heterocycles. The van der Waals surface area contributed by atoms with Crippen molar-refractivity contribution in [1.82, 2.24) is 14.9 Å². The van der Waals surface area contributed by atoms with Crippen molar-refractivity contribution in [2.45, 2.75) is 71.6 Å². The molecule has 0 aliphatic carbocycles. The number of ether oxygens (including phenoxy) is 3. The Morgan fingerprint density at radius 1 is 1.04 bits per heavy atom. The Bertz CT molecular complexity index is 1960. The molecule has 238 valence electrons. The lowest BCUT2D eigenvalue weighted by molar-refractivity contribution is -0.188. The third-order valence-electron chi connectivity index (χ3n) is 8.75. The molecule has 46 heavy (non-hydrogen) atoms. The Balaban J connectivity index is 1.47. The van der Waals surface area contributed by atoms with Crippen molar-refractivity contribution in [3.63, 3.8) is 0 Å². The van der Waals surface area contributed by atoms with Crippen LogP contribution in [-0.4, -0.2) is 47.8 Å². The zero-order valence-corrected chi connectivity index (χ0v) is 27.9. The van der Waals surface area contributed by atoms with Crippen molar-refractivity contribution in [3.05, 3.63) is 87.7 Å². The van der Waals surface area contributed by atoms with Crippen LogP contribution in [0.4, 0.5) is 4.79 Å². The van der Waals surface area contributed by atoms with Gasteiger partial charge in [0.1, 0.15) is 26.8 Å². The van der Waals surface area contributed by atoms with Gasteiger partial charge in [0.2, 0.25) is 5.60 Å². The summed E-state index contributed by atoms with van der Waals surface area (Å²) in [5.41, 5.74) is 0.572. The Kier molecular flexibility index (Phi) is 7.62. The molecule has 1 atom stereocenters. The second kappa shape index (κ2) is 11.2. The van der Waals surface area contributed by atoms with Gasteiger partial charge < -0.3 is 24.1 Å². The summed E-state index contributed by atoms with van der Waals surface area (Å²) in [6.07, 6.45) is -0.790. The number of fused-ring (bicyclic) bond motifs is 5. The van der Waals surface area contributed by atoms with Gasteiger partial charge in [-0.3, -0.25) is 9.59 Å². The average molecular weight is 640 g/mol. The summed E-state index contributed by atoms with van der Waals surface area (Å²) in [5.74, 6) is -1.65. The predicted octanol–water partition coefficient (Wildman–Crippen LogP) is 3.98. The van der Waals surface area contributed by atoms with Crippen LogP contribution in [0, 0.1) is 0 Å². The molecular formula is C35H37N3O7Si. The van der Waals surface area contributed by atoms with Crippen molar-refractivity contribution in [3.8, 4) is 11.4 Å². The predicted molar refractivity (Wildman–Crippen MR) is 176 cm³/mol. The van der Waals surface area contributed by atoms with Crippen LogP contribution in [0.25, 0.3) is 22.3 Å². The molecule has 0 saturated heterocycles. The summed E-state index contributed by atoms with van der Waals surface area (Å²) in [6, 6.07) is 20.2. The van der Waals surface area contributed by atoms with Gasteiger partial charge >= 0.3 is 18.0 Å². The van der Waals surface area contributed by atoms with E-state index in [1.807, 2.05) is 36.4 Å². The van der Waals surface area contributed by atoms with Crippen LogP contribution in [0.15, 0.2) is 65.5 Å². The van der Waals surface area contributed by atoms with Gasteiger partial charge in [-0.15, -0.1) is 0 Å². The molecule has 0 saturated carbocycles. The Hall–Kier alpha value is -4.77. The Morgan fingerprint density at radius 3 is 2.43 bits per heavy atom. The summed E-state index contributed by atoms with van der Waals surface area (Å²) in [6.45, 7) is 10.9. The number of pyridine rings is 2. The molecule has 4 aromatic rings. The Labute approximate surface area is 267 Å². The number of benzene rings is 2. The first kappa shape index (κ1) is 31.2. The number of hydrogen-bond acceptors (Lipinski definition) is 8. The number of para-hydroxylation sites is 1. The van der Waals surface area contributed by atoms with Gasteiger partial charge in [-0.25, -0.2) is 14.6 Å². The molecule has 2 aromatic carbocycles. The first-order chi connectivity index (χ1) is 21.8. The molecule has 6 rings (SSSR count). The number of aromatic nitrogens is 2. The fourth-order valence-electron chi connectivity index (χ4n) is 6.59. The molecular weight excluding hydrogens is 602 g/mol. The number of nitrogens with zero attached hydrogens (tertiary/aromatic N) is 2. The maximum atomic E-state index is 14.2. The van der Waals surface area contributed by atoms with Crippen molar-refractivity contribution >= 4 is 47.4 Å². The summed E-state index contributed by atoms with van der Waals surface area (Å²) in [5, 5.41) is 5.88. The number of nitrogens with one attached hydrogen (secondary N) is 1. The second-order valence-electron chi connectivity index (χ2n) is 13.2. The molecule has 1 N–H and O–H groups in total. The number of cyclic esters (lactones) is 1. The molecule has 10 nitrogen and oxygen atoms in total. The molecule has 0 spiro atoms. The second-order valence-corrected chi connectivity index (χ2v) is 17.5. The van der Waals surface area contributed by atoms with E-state index in [0.29, 0.717) is 17.9 Å². The van der Waals surface area contributed by atoms with E-state index in [0.717, 1.165) is 16.5 Å². The van der Waals surface area contributed by atoms with Crippen LogP contribution in [0.1, 0.15) is 50.8 Å². The molecule has 0 radical (unpaired) electrons. The maximum Gasteiger partial charge on any atom is 0.408 e. The van der Waals surface area contributed by atoms with E-state index < -0.39 is 43.9 Å². The van der Waals surface area contributed by atoms with Gasteiger partial charge in [-0.2, -0.15) is 0 Å². The van der Waals surface area contributed by atoms with E-state index in [2.05, 4.69) is 36.6 Å². The quantitative estimate of drug-likeness (QED) is 0.168. The van der Waals surface area contributed by atoms with E-state index in [9.17, 15) is 19.2 Å². The van der Waals surface area contributed by atoms with E-state index in [1.54, 1.807) is 38.3 Å². The fraction of sp³-hybridized carbons (Fsp3) is 0.343. The van der Waals surface area contributed by atoms with Crippen LogP contribution < -0.4 is 21.2 Å². The van der Waals surface area contributed by atoms with E-state index in [1.165, 1.54) is 10.4 Å². The highest BCUT2D eigenvalue weighted by Gasteiger charge is 2.50. The minimum atomic E-state index is -2.31. The third kappa shape index (κ3) is 5.18. The lowest BCUT2D eigenvalue weighted by Crippen LogP contribution is -2.54. The fourth-order valence-corrected chi connectivity index (χ4v) is 9.74. The van der Waals surface area contributed by atoms with Crippen molar-refractivity contribution < 1.29 is 28.6 Å². The highest BCUT2D eigenvalue weighted by atomic mass is 28.3. The van der Waals surface area contributed by atoms with E-state index in [4.69, 9.17) is 19.2 Å². The summed E-state index contributed by atoms with van der Waals surface area (Å²) < 4.78 is 18.2. The van der Waals surface area contributed by atoms with Gasteiger partial charge in [-0.1, -0.05) is 73.7 Å². The van der Waals surface area contributed by atoms with Gasteiger partial charge in [0, 0.05) is 16.5 Å². The molecule has 11 heteroatoms. The number of esters is 2. The summed E-state index contributed by atoms with van der Waals surface area (Å²) in [4.78, 5) is 57.9. The largest absolute Gasteiger partial charge is 0.457 e. The SMILES string of the molecule is CC[C@@]1(OC(=O)CNC(=O)OC(C)(C)C)C(=O)OCc2c1cc1n(c2=O)Cc2c-1nc1ccccc1c2[Si](C)(C)c1ccccc1. The topological polar surface area (TPSA) is 126 Å². The number of rotatable bonds is 6. The molecule has 4 heterocycles. The lowest BCUT2D eigenvalue weighted by atomic mass is 9.85. The first-order valence-electron chi connectivity index (χ1n) is 15.4. The number of alkyl carbamates (subject to hydrolysis) is 1. The molecule has 0 unspecified atom stereocenters. The van der Waals surface area contributed by atoms with Gasteiger partial charge in [0.15, 0.2) is 0 Å². The first-order valence-corrected chi connectivity index (χ1v) is 18.4. The molecule has 0 bridgehead atoms. The smallest absolute Gasteiger partial charge is 0.408 e. The maximum absolute atomic E-state index is 14.2. The monoisotopic (exact) mass is 639 g/mol. The summed E-state index contributed by atoms with van der Waals surface area (Å²) >= 11 is 0. The Morgan fingerprint density at radius 2 is 1.74 bits per heavy atom. The lowest BCUT2D eigenvalue weighted by Gasteiger charge is -2.35. The normalized spacial score (nSPS) is 17.0. The van der Waals surface area contributed by atoms with Gasteiger partial charge in [0.25, 0.3) is 5.56 Å². The number of hydrogen-bond donors (Lipinski definition) is 1. The van der Waals surface area contributed by atoms with Crippen LogP contribution in [0.3, 0.4) is 0 Å². The highest BCUT2D eigenvalue weighted by Crippen LogP contribution is 2.41. The standard InChI is InChI=1S/C35H37N3O7Si/c1-7-35(44-28(39)18-36-33(42)45-34(2,3)4)25-17-27-29-23(19-38(27)31(40)24(25)20-43-32(35)41)30(22-15-11-12-16-26(22)37-29)46(5,6)21-13-9-8-10-14-21/h8-17H,7,18-20H2,1-6H3,(H,36,42)/t35-/m0/s1.